The number of carbonyl (C=O) groups is 3. The van der Waals surface area contributed by atoms with Crippen molar-refractivity contribution in [1.82, 2.24) is 25.3 Å². The van der Waals surface area contributed by atoms with Gasteiger partial charge in [0.2, 0.25) is 11.8 Å². The van der Waals surface area contributed by atoms with E-state index in [9.17, 15) is 14.4 Å². The van der Waals surface area contributed by atoms with Crippen molar-refractivity contribution in [2.75, 3.05) is 28.6 Å². The quantitative estimate of drug-likeness (QED) is 0.524. The van der Waals surface area contributed by atoms with Crippen LogP contribution in [0.25, 0.3) is 0 Å². The number of aromatic nitrogens is 4. The molecule has 0 aromatic carbocycles. The molecule has 2 aromatic heterocycles. The van der Waals surface area contributed by atoms with Gasteiger partial charge in [-0.05, 0) is 33.6 Å². The molecule has 3 aliphatic heterocycles. The van der Waals surface area contributed by atoms with Crippen molar-refractivity contribution in [2.45, 2.75) is 58.1 Å². The number of rotatable bonds is 2. The van der Waals surface area contributed by atoms with Gasteiger partial charge in [0, 0.05) is 30.3 Å². The number of hydrogen-bond acceptors (Lipinski definition) is 9. The zero-order chi connectivity index (χ0) is 25.2. The lowest BCUT2D eigenvalue weighted by molar-refractivity contribution is -0.115. The molecule has 12 nitrogen and oxygen atoms in total. The van der Waals surface area contributed by atoms with Gasteiger partial charge in [-0.1, -0.05) is 11.6 Å². The second-order valence-electron chi connectivity index (χ2n) is 9.37. The number of amides is 3. The van der Waals surface area contributed by atoms with Crippen LogP contribution in [0.1, 0.15) is 44.7 Å². The first-order valence-corrected chi connectivity index (χ1v) is 11.6. The van der Waals surface area contributed by atoms with Crippen molar-refractivity contribution in [2.24, 2.45) is 0 Å². The molecule has 2 aromatic rings. The van der Waals surface area contributed by atoms with E-state index in [4.69, 9.17) is 16.3 Å². The third kappa shape index (κ3) is 6.13. The molecule has 0 radical (unpaired) electrons. The Morgan fingerprint density at radius 1 is 1.00 bits per heavy atom. The van der Waals surface area contributed by atoms with Crippen LogP contribution in [0.15, 0.2) is 12.7 Å². The van der Waals surface area contributed by atoms with Gasteiger partial charge in [0.1, 0.15) is 40.9 Å². The van der Waals surface area contributed by atoms with Crippen LogP contribution in [-0.4, -0.2) is 62.6 Å². The number of nitrogens with zero attached hydrogens (tertiary/aromatic N) is 5. The Kier molecular flexibility index (Phi) is 7.01. The summed E-state index contributed by atoms with van der Waals surface area (Å²) in [6.07, 6.45) is 4.64. The fourth-order valence-electron chi connectivity index (χ4n) is 3.98. The molecule has 3 amide bonds. The number of hydrogen-bond donors (Lipinski definition) is 3. The predicted molar refractivity (Wildman–Crippen MR) is 128 cm³/mol. The van der Waals surface area contributed by atoms with Gasteiger partial charge in [-0.2, -0.15) is 0 Å². The van der Waals surface area contributed by atoms with Crippen molar-refractivity contribution in [3.63, 3.8) is 0 Å². The highest BCUT2D eigenvalue weighted by Crippen LogP contribution is 2.30. The zero-order valence-corrected chi connectivity index (χ0v) is 20.5. The summed E-state index contributed by atoms with van der Waals surface area (Å²) in [6, 6.07) is 0.0887. The smallest absolute Gasteiger partial charge is 0.407 e. The van der Waals surface area contributed by atoms with Crippen LogP contribution in [0.3, 0.4) is 0 Å². The zero-order valence-electron chi connectivity index (χ0n) is 19.7. The predicted octanol–water partition coefficient (Wildman–Crippen LogP) is 2.09. The van der Waals surface area contributed by atoms with Crippen molar-refractivity contribution in [3.8, 4) is 0 Å². The van der Waals surface area contributed by atoms with Crippen molar-refractivity contribution in [1.29, 1.82) is 0 Å². The standard InChI is InChI=1S/C16H23N5O3.C6H4ClN3O/c1-16(2,3)24-15(23)19-10-4-6-21(7-5-10)14-11-8-12(22)20-13(11)17-9-18-14;7-5-3-1-4(11)10-6(3)9-2-8-5/h9-10H,4-8H2,1-3H3,(H,19,23)(H,17,18,20,22);2H,1H2,(H,8,9,10,11). The molecule has 186 valence electrons. The minimum absolute atomic E-state index is 0.0479. The summed E-state index contributed by atoms with van der Waals surface area (Å²) in [6.45, 7) is 7.07. The molecule has 35 heavy (non-hydrogen) atoms. The van der Waals surface area contributed by atoms with E-state index < -0.39 is 5.60 Å². The Bertz CT molecular complexity index is 1140. The molecule has 1 fully saturated rings. The number of anilines is 3. The monoisotopic (exact) mass is 502 g/mol. The summed E-state index contributed by atoms with van der Waals surface area (Å²) in [5.74, 6) is 1.83. The van der Waals surface area contributed by atoms with Crippen LogP contribution in [0.2, 0.25) is 5.15 Å². The van der Waals surface area contributed by atoms with Gasteiger partial charge in [0.25, 0.3) is 0 Å². The van der Waals surface area contributed by atoms with Gasteiger partial charge in [0.15, 0.2) is 0 Å². The molecule has 5 heterocycles. The van der Waals surface area contributed by atoms with Gasteiger partial charge in [-0.3, -0.25) is 9.59 Å². The third-order valence-corrected chi connectivity index (χ3v) is 5.85. The number of nitrogens with one attached hydrogen (secondary N) is 3. The molecule has 0 bridgehead atoms. The van der Waals surface area contributed by atoms with Crippen LogP contribution < -0.4 is 20.9 Å². The minimum Gasteiger partial charge on any atom is -0.444 e. The van der Waals surface area contributed by atoms with Crippen molar-refractivity contribution in [3.05, 3.63) is 28.9 Å². The summed E-state index contributed by atoms with van der Waals surface area (Å²) in [5, 5.41) is 8.58. The van der Waals surface area contributed by atoms with Gasteiger partial charge in [0.05, 0.1) is 12.8 Å². The van der Waals surface area contributed by atoms with E-state index in [0.717, 1.165) is 37.3 Å². The summed E-state index contributed by atoms with van der Waals surface area (Å²) in [7, 11) is 0. The molecule has 3 aliphatic rings. The van der Waals surface area contributed by atoms with Crippen LogP contribution in [0.5, 0.6) is 0 Å². The normalized spacial score (nSPS) is 17.0. The number of ether oxygens (including phenoxy) is 1. The average molecular weight is 503 g/mol. The van der Waals surface area contributed by atoms with Gasteiger partial charge < -0.3 is 25.6 Å². The van der Waals surface area contributed by atoms with Crippen LogP contribution in [-0.2, 0) is 27.2 Å². The first kappa shape index (κ1) is 24.6. The summed E-state index contributed by atoms with van der Waals surface area (Å²) >= 11 is 5.69. The first-order valence-electron chi connectivity index (χ1n) is 11.3. The maximum Gasteiger partial charge on any atom is 0.407 e. The molecular weight excluding hydrogens is 476 g/mol. The van der Waals surface area contributed by atoms with E-state index in [1.54, 1.807) is 0 Å². The number of fused-ring (bicyclic) bond motifs is 2. The van der Waals surface area contributed by atoms with Crippen molar-refractivity contribution >= 4 is 47.0 Å². The molecule has 3 N–H and O–H groups in total. The highest BCUT2D eigenvalue weighted by atomic mass is 35.5. The molecular formula is C22H27ClN8O4. The fraction of sp³-hybridized carbons (Fsp3) is 0.500. The second-order valence-corrected chi connectivity index (χ2v) is 9.73. The Morgan fingerprint density at radius 2 is 1.57 bits per heavy atom. The summed E-state index contributed by atoms with van der Waals surface area (Å²) < 4.78 is 5.29. The molecule has 0 aliphatic carbocycles. The second kappa shape index (κ2) is 9.98. The molecule has 13 heteroatoms. The molecule has 0 saturated carbocycles. The number of carbonyl (C=O) groups excluding carboxylic acids is 3. The van der Waals surface area contributed by atoms with E-state index in [1.165, 1.54) is 12.7 Å². The largest absolute Gasteiger partial charge is 0.444 e. The van der Waals surface area contributed by atoms with E-state index >= 15 is 0 Å². The number of alkyl carbamates (subject to hydrolysis) is 1. The number of piperidine rings is 1. The number of halogens is 1. The minimum atomic E-state index is -0.494. The molecule has 0 unspecified atom stereocenters. The molecule has 1 saturated heterocycles. The van der Waals surface area contributed by atoms with Crippen molar-refractivity contribution < 1.29 is 19.1 Å². The Hall–Kier alpha value is -3.54. The third-order valence-electron chi connectivity index (χ3n) is 5.52. The summed E-state index contributed by atoms with van der Waals surface area (Å²) in [4.78, 5) is 52.4. The fourth-order valence-corrected chi connectivity index (χ4v) is 4.18. The maximum absolute atomic E-state index is 11.9. The molecule has 5 rings (SSSR count). The van der Waals surface area contributed by atoms with Crippen LogP contribution >= 0.6 is 11.6 Å². The molecule has 0 spiro atoms. The highest BCUT2D eigenvalue weighted by Gasteiger charge is 2.29. The van der Waals surface area contributed by atoms with E-state index in [2.05, 4.69) is 40.8 Å². The molecule has 0 atom stereocenters. The lowest BCUT2D eigenvalue weighted by atomic mass is 10.0. The van der Waals surface area contributed by atoms with E-state index in [-0.39, 0.29) is 30.4 Å². The van der Waals surface area contributed by atoms with Gasteiger partial charge >= 0.3 is 6.09 Å². The van der Waals surface area contributed by atoms with Gasteiger partial charge in [-0.25, -0.2) is 24.7 Å². The Balaban J connectivity index is 0.000000218. The lowest BCUT2D eigenvalue weighted by Gasteiger charge is -2.34. The SMILES string of the molecule is CC(C)(C)OC(=O)NC1CCN(c2ncnc3c2CC(=O)N3)CC1.O=C1Cc2c(Cl)ncnc2N1. The average Bonchev–Trinajstić information content (AvgIpc) is 3.35. The van der Waals surface area contributed by atoms with Crippen LogP contribution in [0.4, 0.5) is 22.2 Å². The van der Waals surface area contributed by atoms with E-state index in [0.29, 0.717) is 28.8 Å². The maximum atomic E-state index is 11.9. The van der Waals surface area contributed by atoms with Crippen LogP contribution in [0, 0.1) is 0 Å². The first-order chi connectivity index (χ1) is 16.6. The lowest BCUT2D eigenvalue weighted by Crippen LogP contribution is -2.46. The Morgan fingerprint density at radius 3 is 2.17 bits per heavy atom. The van der Waals surface area contributed by atoms with E-state index in [1.807, 2.05) is 20.8 Å². The Labute approximate surface area is 207 Å². The van der Waals surface area contributed by atoms with Gasteiger partial charge in [-0.15, -0.1) is 0 Å². The topological polar surface area (TPSA) is 151 Å². The highest BCUT2D eigenvalue weighted by molar-refractivity contribution is 6.31. The summed E-state index contributed by atoms with van der Waals surface area (Å²) in [5.41, 5.74) is 1.06.